The van der Waals surface area contributed by atoms with Gasteiger partial charge in [-0.25, -0.2) is 17.5 Å². The van der Waals surface area contributed by atoms with Crippen LogP contribution in [0.4, 0.5) is 32.8 Å². The molecule has 0 bridgehead atoms. The van der Waals surface area contributed by atoms with Gasteiger partial charge >= 0.3 is 0 Å². The first-order valence-electron chi connectivity index (χ1n) is 22.9. The highest BCUT2D eigenvalue weighted by Gasteiger charge is 2.35. The lowest BCUT2D eigenvalue weighted by Crippen LogP contribution is -2.47. The number of carbonyl (C=O) groups excluding carboxylic acids is 1. The molecule has 2 aromatic heterocycles. The number of nitro groups is 1. The van der Waals surface area contributed by atoms with Crippen molar-refractivity contribution >= 4 is 72.6 Å². The van der Waals surface area contributed by atoms with Gasteiger partial charge in [-0.15, -0.1) is 0 Å². The summed E-state index contributed by atoms with van der Waals surface area (Å²) in [7, 11) is -4.66. The van der Waals surface area contributed by atoms with E-state index in [1.807, 2.05) is 48.2 Å². The maximum absolute atomic E-state index is 15.3. The molecule has 15 nitrogen and oxygen atoms in total. The van der Waals surface area contributed by atoms with Crippen molar-refractivity contribution in [3.8, 4) is 5.88 Å². The maximum Gasteiger partial charge on any atom is 0.293 e. The minimum atomic E-state index is -4.66. The number of amides is 1. The van der Waals surface area contributed by atoms with Gasteiger partial charge < -0.3 is 29.6 Å². The summed E-state index contributed by atoms with van der Waals surface area (Å²) < 4.78 is 57.0. The number of nitrogens with one attached hydrogen (secondary N) is 3. The maximum atomic E-state index is 15.3. The zero-order valence-corrected chi connectivity index (χ0v) is 39.5. The first-order valence-corrected chi connectivity index (χ1v) is 24.7. The van der Waals surface area contributed by atoms with E-state index < -0.39 is 37.1 Å². The van der Waals surface area contributed by atoms with E-state index in [0.717, 1.165) is 80.2 Å². The number of benzene rings is 3. The number of allylic oxidation sites excluding steroid dienone is 1. The zero-order valence-electron chi connectivity index (χ0n) is 37.9. The van der Waals surface area contributed by atoms with Gasteiger partial charge in [-0.05, 0) is 90.4 Å². The number of aromatic nitrogens is 2. The van der Waals surface area contributed by atoms with Gasteiger partial charge in [0, 0.05) is 106 Å². The second kappa shape index (κ2) is 18.7. The van der Waals surface area contributed by atoms with Gasteiger partial charge in [-0.3, -0.25) is 19.8 Å². The van der Waals surface area contributed by atoms with Gasteiger partial charge in [0.2, 0.25) is 5.88 Å². The average molecular weight is 956 g/mol. The van der Waals surface area contributed by atoms with E-state index in [-0.39, 0.29) is 55.2 Å². The van der Waals surface area contributed by atoms with E-state index in [4.69, 9.17) is 26.1 Å². The van der Waals surface area contributed by atoms with Crippen LogP contribution in [0.2, 0.25) is 5.02 Å². The second-order valence-corrected chi connectivity index (χ2v) is 21.3. The third-order valence-electron chi connectivity index (χ3n) is 13.5. The zero-order chi connectivity index (χ0) is 47.1. The highest BCUT2D eigenvalue weighted by atomic mass is 35.5. The van der Waals surface area contributed by atoms with Crippen molar-refractivity contribution in [2.45, 2.75) is 63.4 Å². The molecular formula is C49H56ClFN8O7S. The van der Waals surface area contributed by atoms with Gasteiger partial charge in [0.05, 0.1) is 27.7 Å². The molecule has 3 N–H and O–H groups in total. The van der Waals surface area contributed by atoms with Crippen molar-refractivity contribution in [3.05, 3.63) is 111 Å². The number of anilines is 4. The number of pyridine rings is 1. The fraction of sp³-hybridized carbons (Fsp3) is 0.429. The molecule has 1 amide bonds. The number of hydrogen-bond acceptors (Lipinski definition) is 12. The van der Waals surface area contributed by atoms with Gasteiger partial charge in [0.25, 0.3) is 21.6 Å². The predicted molar refractivity (Wildman–Crippen MR) is 259 cm³/mol. The van der Waals surface area contributed by atoms with Crippen molar-refractivity contribution in [1.82, 2.24) is 19.6 Å². The lowest BCUT2D eigenvalue weighted by Gasteiger charge is -2.39. The summed E-state index contributed by atoms with van der Waals surface area (Å²) in [6, 6.07) is 20.6. The number of nitro benzene ring substituents is 1. The Labute approximate surface area is 394 Å². The molecule has 5 aromatic rings. The Morgan fingerprint density at radius 2 is 1.76 bits per heavy atom. The quantitative estimate of drug-likeness (QED) is 0.0801. The number of piperazine rings is 1. The molecule has 4 aliphatic rings. The Kier molecular flexibility index (Phi) is 13.0. The standard InChI is InChI=1S/C49H56ClFN8O7S/c1-32-28-58(44-24-34-13-17-52-45(34)54-47(44)66-30-32)42-25-37(57-20-18-56(19-21-57)29-35-12-14-48(2,3)27-40(35)33-4-6-36(50)7-5-33)8-10-39(42)46(60)55-67(63,64)38-9-11-41(43(26-38)59(61)62)53-31-49(51)15-22-65-23-16-49/h4-11,13,17,24-26,32,53H,12,14-16,18-23,27-31H2,1-3H3,(H,52,54)(H,55,60)/t32-/m1/s1. The molecule has 0 unspecified atom stereocenters. The van der Waals surface area contributed by atoms with Crippen LogP contribution in [0.25, 0.3) is 16.6 Å². The fourth-order valence-electron chi connectivity index (χ4n) is 9.58. The smallest absolute Gasteiger partial charge is 0.293 e. The number of ether oxygens (including phenoxy) is 2. The Balaban J connectivity index is 0.999. The molecule has 5 heterocycles. The number of aromatic amines is 1. The highest BCUT2D eigenvalue weighted by molar-refractivity contribution is 7.90. The number of halogens is 2. The van der Waals surface area contributed by atoms with Crippen molar-refractivity contribution in [2.24, 2.45) is 11.3 Å². The minimum Gasteiger partial charge on any atom is -0.476 e. The number of alkyl halides is 1. The summed E-state index contributed by atoms with van der Waals surface area (Å²) >= 11 is 6.27. The first kappa shape index (κ1) is 46.4. The Bertz CT molecular complexity index is 2820. The van der Waals surface area contributed by atoms with Gasteiger partial charge in [0.15, 0.2) is 0 Å². The molecule has 67 heavy (non-hydrogen) atoms. The van der Waals surface area contributed by atoms with Crippen LogP contribution in [0.5, 0.6) is 5.88 Å². The van der Waals surface area contributed by atoms with Crippen molar-refractivity contribution in [2.75, 3.05) is 80.8 Å². The highest BCUT2D eigenvalue weighted by Crippen LogP contribution is 2.44. The molecule has 1 atom stereocenters. The van der Waals surface area contributed by atoms with Crippen LogP contribution in [0, 0.1) is 21.4 Å². The van der Waals surface area contributed by atoms with Crippen LogP contribution in [-0.2, 0) is 14.8 Å². The van der Waals surface area contributed by atoms with Crippen molar-refractivity contribution in [3.63, 3.8) is 0 Å². The molecule has 1 aliphatic carbocycles. The largest absolute Gasteiger partial charge is 0.476 e. The number of sulfonamides is 1. The van der Waals surface area contributed by atoms with Gasteiger partial charge in [-0.1, -0.05) is 50.1 Å². The second-order valence-electron chi connectivity index (χ2n) is 19.1. The molecule has 3 aliphatic heterocycles. The predicted octanol–water partition coefficient (Wildman–Crippen LogP) is 9.13. The Morgan fingerprint density at radius 1 is 1.00 bits per heavy atom. The monoisotopic (exact) mass is 954 g/mol. The normalized spacial score (nSPS) is 19.9. The van der Waals surface area contributed by atoms with Crippen LogP contribution in [0.15, 0.2) is 89.5 Å². The summed E-state index contributed by atoms with van der Waals surface area (Å²) in [5.74, 6) is -0.582. The molecule has 9 rings (SSSR count). The summed E-state index contributed by atoms with van der Waals surface area (Å²) in [6.45, 7) is 11.7. The molecule has 0 radical (unpaired) electrons. The molecular weight excluding hydrogens is 899 g/mol. The molecule has 2 saturated heterocycles. The number of carbonyl (C=O) groups is 1. The summed E-state index contributed by atoms with van der Waals surface area (Å²) in [5.41, 5.74) is 4.68. The topological polar surface area (TPSA) is 175 Å². The Morgan fingerprint density at radius 3 is 2.51 bits per heavy atom. The SMILES string of the molecule is C[C@H]1COc2nc3[nH]ccc3cc2N(c2cc(N3CCN(CC4=C(c5ccc(Cl)cc5)CC(C)(C)CC4)CC3)ccc2C(=O)NS(=O)(=O)c2ccc(NCC3(F)CCOCC3)c([N+](=O)[O-])c2)C1. The van der Waals surface area contributed by atoms with Crippen LogP contribution in [0.3, 0.4) is 0 Å². The lowest BCUT2D eigenvalue weighted by atomic mass is 9.72. The number of rotatable bonds is 12. The van der Waals surface area contributed by atoms with Gasteiger partial charge in [0.1, 0.15) is 22.7 Å². The molecule has 3 aromatic carbocycles. The van der Waals surface area contributed by atoms with E-state index in [2.05, 4.69) is 50.8 Å². The summed E-state index contributed by atoms with van der Waals surface area (Å²) in [5, 5.41) is 16.6. The van der Waals surface area contributed by atoms with E-state index >= 15 is 4.39 Å². The molecule has 18 heteroatoms. The van der Waals surface area contributed by atoms with Crippen LogP contribution < -0.4 is 24.6 Å². The van der Waals surface area contributed by atoms with E-state index in [9.17, 15) is 23.3 Å². The Hall–Kier alpha value is -5.75. The number of nitrogens with zero attached hydrogens (tertiary/aromatic N) is 5. The minimum absolute atomic E-state index is 0.0248. The first-order chi connectivity index (χ1) is 32.0. The van der Waals surface area contributed by atoms with Crippen LogP contribution >= 0.6 is 11.6 Å². The van der Waals surface area contributed by atoms with E-state index in [1.165, 1.54) is 22.8 Å². The lowest BCUT2D eigenvalue weighted by molar-refractivity contribution is -0.384. The molecule has 0 saturated carbocycles. The number of hydrogen-bond donors (Lipinski definition) is 3. The number of fused-ring (bicyclic) bond motifs is 2. The summed E-state index contributed by atoms with van der Waals surface area (Å²) in [6.07, 6.45) is 5.20. The molecule has 0 spiro atoms. The molecule has 354 valence electrons. The van der Waals surface area contributed by atoms with Crippen molar-refractivity contribution in [1.29, 1.82) is 0 Å². The van der Waals surface area contributed by atoms with E-state index in [0.29, 0.717) is 36.1 Å². The summed E-state index contributed by atoms with van der Waals surface area (Å²) in [4.78, 5) is 40.1. The van der Waals surface area contributed by atoms with Crippen LogP contribution in [0.1, 0.15) is 68.8 Å². The van der Waals surface area contributed by atoms with Gasteiger partial charge in [-0.2, -0.15) is 4.98 Å². The fourth-order valence-corrected chi connectivity index (χ4v) is 10.7. The number of H-pyrrole nitrogens is 1. The van der Waals surface area contributed by atoms with E-state index in [1.54, 1.807) is 12.3 Å². The average Bonchev–Trinajstić information content (AvgIpc) is 3.71. The molecule has 2 fully saturated rings. The van der Waals surface area contributed by atoms with Crippen molar-refractivity contribution < 1.29 is 32.0 Å². The third-order valence-corrected chi connectivity index (χ3v) is 15.1. The van der Waals surface area contributed by atoms with Crippen LogP contribution in [-0.4, -0.2) is 105 Å². The third kappa shape index (κ3) is 10.2.